The van der Waals surface area contributed by atoms with E-state index in [2.05, 4.69) is 82.4 Å². The van der Waals surface area contributed by atoms with E-state index in [1.165, 1.54) is 16.0 Å². The number of rotatable bonds is 8. The average Bonchev–Trinajstić information content (AvgIpc) is 2.85. The van der Waals surface area contributed by atoms with Crippen molar-refractivity contribution in [3.8, 4) is 5.75 Å². The Morgan fingerprint density at radius 3 is 2.23 bits per heavy atom. The van der Waals surface area contributed by atoms with Crippen LogP contribution in [0, 0.1) is 0 Å². The van der Waals surface area contributed by atoms with Crippen LogP contribution in [0.5, 0.6) is 5.75 Å². The lowest BCUT2D eigenvalue weighted by Gasteiger charge is -2.34. The summed E-state index contributed by atoms with van der Waals surface area (Å²) in [5.74, 6) is 0.849. The molecule has 0 aromatic heterocycles. The van der Waals surface area contributed by atoms with Crippen molar-refractivity contribution in [1.29, 1.82) is 0 Å². The van der Waals surface area contributed by atoms with Gasteiger partial charge in [0.2, 0.25) is 0 Å². The van der Waals surface area contributed by atoms with Crippen molar-refractivity contribution in [2.24, 2.45) is 0 Å². The Kier molecular flexibility index (Phi) is 9.22. The van der Waals surface area contributed by atoms with Gasteiger partial charge in [0.15, 0.2) is 0 Å². The third-order valence-corrected chi connectivity index (χ3v) is 8.03. The smallest absolute Gasteiger partial charge is 0.401 e. The standard InChI is InChI=1S/C32H45F3N2O2/c1-30(2,3)24-9-10-29(39-28-11-15-37(16-12-28)22-32(33,34)35)23(19-24)21-31(4,5)25-7-6-8-27(20-25)36-26-13-17-38-18-14-26/h6-10,19-20,26,28,36H,11-18,21-22H2,1-5H3. The van der Waals surface area contributed by atoms with Crippen molar-refractivity contribution in [3.63, 3.8) is 0 Å². The number of alkyl halides is 3. The van der Waals surface area contributed by atoms with Gasteiger partial charge in [0.05, 0.1) is 6.54 Å². The molecule has 4 nitrogen and oxygen atoms in total. The number of nitrogens with zero attached hydrogens (tertiary/aromatic N) is 1. The second kappa shape index (κ2) is 12.1. The molecule has 0 aliphatic carbocycles. The van der Waals surface area contributed by atoms with Crippen LogP contribution in [0.1, 0.15) is 77.0 Å². The van der Waals surface area contributed by atoms with Crippen molar-refractivity contribution in [2.75, 3.05) is 38.2 Å². The first-order chi connectivity index (χ1) is 18.3. The molecule has 0 amide bonds. The molecular formula is C32H45F3N2O2. The van der Waals surface area contributed by atoms with Crippen LogP contribution >= 0.6 is 0 Å². The second-order valence-electron chi connectivity index (χ2n) is 13.0. The molecule has 7 heteroatoms. The number of likely N-dealkylation sites (tertiary alicyclic amines) is 1. The summed E-state index contributed by atoms with van der Waals surface area (Å²) in [5.41, 5.74) is 4.63. The van der Waals surface area contributed by atoms with Gasteiger partial charge < -0.3 is 14.8 Å². The molecule has 0 atom stereocenters. The molecule has 1 N–H and O–H groups in total. The molecule has 2 aromatic carbocycles. The molecular weight excluding hydrogens is 501 g/mol. The molecule has 4 rings (SSSR count). The van der Waals surface area contributed by atoms with Crippen molar-refractivity contribution in [2.45, 2.75) is 95.9 Å². The molecule has 0 spiro atoms. The zero-order valence-corrected chi connectivity index (χ0v) is 24.2. The lowest BCUT2D eigenvalue weighted by molar-refractivity contribution is -0.149. The molecule has 0 radical (unpaired) electrons. The summed E-state index contributed by atoms with van der Waals surface area (Å²) >= 11 is 0. The highest BCUT2D eigenvalue weighted by molar-refractivity contribution is 5.49. The maximum Gasteiger partial charge on any atom is 0.401 e. The van der Waals surface area contributed by atoms with Crippen LogP contribution in [0.25, 0.3) is 0 Å². The van der Waals surface area contributed by atoms with Crippen LogP contribution < -0.4 is 10.1 Å². The van der Waals surface area contributed by atoms with Crippen LogP contribution in [-0.4, -0.2) is 56.1 Å². The van der Waals surface area contributed by atoms with E-state index in [1.54, 1.807) is 0 Å². The number of nitrogens with one attached hydrogen (secondary N) is 1. The lowest BCUT2D eigenvalue weighted by atomic mass is 9.77. The minimum Gasteiger partial charge on any atom is -0.490 e. The fourth-order valence-corrected chi connectivity index (χ4v) is 5.60. The summed E-state index contributed by atoms with van der Waals surface area (Å²) in [6, 6.07) is 15.6. The fourth-order valence-electron chi connectivity index (χ4n) is 5.60. The van der Waals surface area contributed by atoms with E-state index >= 15 is 0 Å². The van der Waals surface area contributed by atoms with Gasteiger partial charge in [0.1, 0.15) is 11.9 Å². The molecule has 2 aliphatic heterocycles. The Bertz CT molecular complexity index is 1080. The van der Waals surface area contributed by atoms with E-state index in [9.17, 15) is 13.2 Å². The molecule has 0 unspecified atom stereocenters. The van der Waals surface area contributed by atoms with Gasteiger partial charge in [0, 0.05) is 38.0 Å². The van der Waals surface area contributed by atoms with Gasteiger partial charge in [-0.25, -0.2) is 0 Å². The predicted octanol–water partition coefficient (Wildman–Crippen LogP) is 7.50. The normalized spacial score (nSPS) is 18.8. The van der Waals surface area contributed by atoms with Gasteiger partial charge in [0.25, 0.3) is 0 Å². The van der Waals surface area contributed by atoms with E-state index in [0.717, 1.165) is 49.5 Å². The molecule has 39 heavy (non-hydrogen) atoms. The van der Waals surface area contributed by atoms with E-state index in [4.69, 9.17) is 9.47 Å². The minimum absolute atomic E-state index is 0.00605. The van der Waals surface area contributed by atoms with Gasteiger partial charge in [-0.2, -0.15) is 13.2 Å². The Hall–Kier alpha value is -2.25. The Morgan fingerprint density at radius 1 is 0.897 bits per heavy atom. The first-order valence-corrected chi connectivity index (χ1v) is 14.3. The van der Waals surface area contributed by atoms with Crippen LogP contribution in [0.2, 0.25) is 0 Å². The first-order valence-electron chi connectivity index (χ1n) is 14.3. The minimum atomic E-state index is -4.16. The number of anilines is 1. The molecule has 2 saturated heterocycles. The SMILES string of the molecule is CC(C)(C)c1ccc(OC2CCN(CC(F)(F)F)CC2)c(CC(C)(C)c2cccc(NC3CCOCC3)c2)c1. The van der Waals surface area contributed by atoms with Gasteiger partial charge in [-0.15, -0.1) is 0 Å². The van der Waals surface area contributed by atoms with Gasteiger partial charge in [-0.05, 0) is 77.8 Å². The van der Waals surface area contributed by atoms with E-state index < -0.39 is 12.7 Å². The number of piperidine rings is 1. The zero-order valence-electron chi connectivity index (χ0n) is 24.2. The van der Waals surface area contributed by atoms with Crippen LogP contribution in [0.3, 0.4) is 0 Å². The Labute approximate surface area is 232 Å². The molecule has 2 heterocycles. The van der Waals surface area contributed by atoms with Crippen molar-refractivity contribution < 1.29 is 22.6 Å². The summed E-state index contributed by atoms with van der Waals surface area (Å²) in [5, 5.41) is 3.69. The van der Waals surface area contributed by atoms with Crippen LogP contribution in [0.15, 0.2) is 42.5 Å². The van der Waals surface area contributed by atoms with E-state index in [1.807, 2.05) is 0 Å². The third kappa shape index (κ3) is 8.62. The molecule has 2 aliphatic rings. The Balaban J connectivity index is 1.51. The number of hydrogen-bond donors (Lipinski definition) is 1. The molecule has 0 bridgehead atoms. The summed E-state index contributed by atoms with van der Waals surface area (Å²) in [6.07, 6.45) is -0.220. The fraction of sp³-hybridized carbons (Fsp3) is 0.625. The van der Waals surface area contributed by atoms with Crippen LogP contribution in [-0.2, 0) is 22.0 Å². The second-order valence-corrected chi connectivity index (χ2v) is 13.0. The van der Waals surface area contributed by atoms with E-state index in [0.29, 0.717) is 32.0 Å². The number of halogens is 3. The highest BCUT2D eigenvalue weighted by Gasteiger charge is 2.33. The highest BCUT2D eigenvalue weighted by atomic mass is 19.4. The summed E-state index contributed by atoms with van der Waals surface area (Å²) in [4.78, 5) is 1.48. The van der Waals surface area contributed by atoms with E-state index in [-0.39, 0.29) is 16.9 Å². The lowest BCUT2D eigenvalue weighted by Crippen LogP contribution is -2.42. The third-order valence-electron chi connectivity index (χ3n) is 8.03. The number of hydrogen-bond acceptors (Lipinski definition) is 4. The zero-order chi connectivity index (χ0) is 28.3. The van der Waals surface area contributed by atoms with Gasteiger partial charge in [-0.3, -0.25) is 4.90 Å². The summed E-state index contributed by atoms with van der Waals surface area (Å²) in [7, 11) is 0. The van der Waals surface area contributed by atoms with Gasteiger partial charge >= 0.3 is 6.18 Å². The van der Waals surface area contributed by atoms with Crippen molar-refractivity contribution in [3.05, 3.63) is 59.2 Å². The average molecular weight is 547 g/mol. The van der Waals surface area contributed by atoms with Gasteiger partial charge in [-0.1, -0.05) is 58.9 Å². The quantitative estimate of drug-likeness (QED) is 0.372. The summed E-state index contributed by atoms with van der Waals surface area (Å²) < 4.78 is 50.5. The van der Waals surface area contributed by atoms with Crippen molar-refractivity contribution in [1.82, 2.24) is 4.90 Å². The van der Waals surface area contributed by atoms with Crippen molar-refractivity contribution >= 4 is 5.69 Å². The maximum absolute atomic E-state index is 12.8. The maximum atomic E-state index is 12.8. The highest BCUT2D eigenvalue weighted by Crippen LogP contribution is 2.36. The topological polar surface area (TPSA) is 33.7 Å². The predicted molar refractivity (Wildman–Crippen MR) is 152 cm³/mol. The monoisotopic (exact) mass is 546 g/mol. The number of benzene rings is 2. The first kappa shape index (κ1) is 29.7. The number of ether oxygens (including phenoxy) is 2. The summed E-state index contributed by atoms with van der Waals surface area (Å²) in [6.45, 7) is 12.7. The molecule has 216 valence electrons. The Morgan fingerprint density at radius 2 is 1.59 bits per heavy atom. The van der Waals surface area contributed by atoms with Crippen LogP contribution in [0.4, 0.5) is 18.9 Å². The molecule has 2 aromatic rings. The molecule has 0 saturated carbocycles. The molecule has 2 fully saturated rings. The largest absolute Gasteiger partial charge is 0.490 e.